The van der Waals surface area contributed by atoms with Crippen molar-refractivity contribution < 1.29 is 13.2 Å². The van der Waals surface area contributed by atoms with Gasteiger partial charge in [-0.3, -0.25) is 9.10 Å². The summed E-state index contributed by atoms with van der Waals surface area (Å²) in [5.74, 6) is -0.366. The minimum Gasteiger partial charge on any atom is -0.348 e. The molecule has 0 bridgehead atoms. The molecule has 0 radical (unpaired) electrons. The van der Waals surface area contributed by atoms with Crippen LogP contribution in [0.2, 0.25) is 10.0 Å². The lowest BCUT2D eigenvalue weighted by Gasteiger charge is -2.31. The summed E-state index contributed by atoms with van der Waals surface area (Å²) in [4.78, 5) is 13.2. The van der Waals surface area contributed by atoms with Crippen LogP contribution < -0.4 is 9.62 Å². The highest BCUT2D eigenvalue weighted by Crippen LogP contribution is 2.30. The minimum absolute atomic E-state index is 0.252. The Kier molecular flexibility index (Phi) is 7.55. The Morgan fingerprint density at radius 3 is 2.26 bits per heavy atom. The standard InChI is InChI=1S/C23H28Cl2N2O3S/c1-4-22(27(31(3,29)30)21-13-19(24)12-20(25)14-21)23(28)26-15(2)17-10-9-16-7-5-6-8-18(16)11-17/h9-15,22H,4-8H2,1-3H3,(H,26,28)/t15-,22-/m0/s1. The van der Waals surface area contributed by atoms with Crippen LogP contribution in [0.3, 0.4) is 0 Å². The maximum Gasteiger partial charge on any atom is 0.244 e. The van der Waals surface area contributed by atoms with Gasteiger partial charge in [0, 0.05) is 10.0 Å². The number of rotatable bonds is 7. The summed E-state index contributed by atoms with van der Waals surface area (Å²) in [5, 5.41) is 3.59. The van der Waals surface area contributed by atoms with Gasteiger partial charge in [-0.2, -0.15) is 0 Å². The van der Waals surface area contributed by atoms with Gasteiger partial charge < -0.3 is 5.32 Å². The number of nitrogens with one attached hydrogen (secondary N) is 1. The highest BCUT2D eigenvalue weighted by molar-refractivity contribution is 7.92. The number of carbonyl (C=O) groups excluding carboxylic acids is 1. The second-order valence-corrected chi connectivity index (χ2v) is 10.8. The first-order valence-electron chi connectivity index (χ1n) is 10.5. The molecule has 0 spiro atoms. The molecule has 8 heteroatoms. The van der Waals surface area contributed by atoms with Crippen LogP contribution >= 0.6 is 23.2 Å². The first-order valence-corrected chi connectivity index (χ1v) is 13.1. The smallest absolute Gasteiger partial charge is 0.244 e. The van der Waals surface area contributed by atoms with Crippen molar-refractivity contribution in [2.75, 3.05) is 10.6 Å². The topological polar surface area (TPSA) is 66.5 Å². The minimum atomic E-state index is -3.77. The molecule has 0 aromatic heterocycles. The number of amides is 1. The van der Waals surface area contributed by atoms with Gasteiger partial charge >= 0.3 is 0 Å². The molecule has 168 valence electrons. The number of halogens is 2. The van der Waals surface area contributed by atoms with Crippen molar-refractivity contribution in [1.29, 1.82) is 0 Å². The zero-order valence-electron chi connectivity index (χ0n) is 18.0. The van der Waals surface area contributed by atoms with E-state index in [0.717, 1.165) is 29.0 Å². The summed E-state index contributed by atoms with van der Waals surface area (Å²) in [5.41, 5.74) is 3.99. The molecule has 0 heterocycles. The van der Waals surface area contributed by atoms with E-state index < -0.39 is 16.1 Å². The van der Waals surface area contributed by atoms with Gasteiger partial charge in [0.15, 0.2) is 0 Å². The number of hydrogen-bond donors (Lipinski definition) is 1. The Balaban J connectivity index is 1.86. The van der Waals surface area contributed by atoms with Crippen LogP contribution in [0.4, 0.5) is 5.69 Å². The molecule has 0 saturated heterocycles. The molecule has 1 amide bonds. The molecule has 1 N–H and O–H groups in total. The van der Waals surface area contributed by atoms with Gasteiger partial charge in [-0.1, -0.05) is 48.3 Å². The fourth-order valence-corrected chi connectivity index (χ4v) is 5.85. The Bertz CT molecular complexity index is 1050. The van der Waals surface area contributed by atoms with Crippen LogP contribution in [-0.4, -0.2) is 26.6 Å². The molecule has 0 unspecified atom stereocenters. The Morgan fingerprint density at radius 2 is 1.68 bits per heavy atom. The summed E-state index contributed by atoms with van der Waals surface area (Å²) in [6, 6.07) is 9.68. The number of sulfonamides is 1. The molecule has 0 saturated carbocycles. The maximum absolute atomic E-state index is 13.2. The first kappa shape index (κ1) is 23.9. The number of nitrogens with zero attached hydrogens (tertiary/aromatic N) is 1. The quantitative estimate of drug-likeness (QED) is 0.582. The zero-order chi connectivity index (χ0) is 22.8. The molecule has 1 aliphatic carbocycles. The van der Waals surface area contributed by atoms with E-state index >= 15 is 0 Å². The predicted octanol–water partition coefficient (Wildman–Crippen LogP) is 5.29. The van der Waals surface area contributed by atoms with Gasteiger partial charge in [-0.05, 0) is 73.9 Å². The van der Waals surface area contributed by atoms with Crippen molar-refractivity contribution in [2.24, 2.45) is 0 Å². The molecule has 2 aromatic carbocycles. The van der Waals surface area contributed by atoms with Gasteiger partial charge in [-0.15, -0.1) is 0 Å². The second kappa shape index (κ2) is 9.80. The lowest BCUT2D eigenvalue weighted by atomic mass is 9.89. The Morgan fingerprint density at radius 1 is 1.06 bits per heavy atom. The molecule has 0 aliphatic heterocycles. The number of hydrogen-bond acceptors (Lipinski definition) is 3. The van der Waals surface area contributed by atoms with Gasteiger partial charge in [0.1, 0.15) is 6.04 Å². The third-order valence-electron chi connectivity index (χ3n) is 5.66. The largest absolute Gasteiger partial charge is 0.348 e. The van der Waals surface area contributed by atoms with Crippen LogP contribution in [0.15, 0.2) is 36.4 Å². The summed E-state index contributed by atoms with van der Waals surface area (Å²) in [6.45, 7) is 3.69. The number of carbonyl (C=O) groups is 1. The van der Waals surface area contributed by atoms with E-state index in [-0.39, 0.29) is 17.6 Å². The van der Waals surface area contributed by atoms with Crippen molar-refractivity contribution in [1.82, 2.24) is 5.32 Å². The fourth-order valence-electron chi connectivity index (χ4n) is 4.14. The van der Waals surface area contributed by atoms with E-state index in [1.165, 1.54) is 42.2 Å². The predicted molar refractivity (Wildman–Crippen MR) is 128 cm³/mol. The van der Waals surface area contributed by atoms with Crippen LogP contribution in [0.1, 0.15) is 55.8 Å². The van der Waals surface area contributed by atoms with Crippen molar-refractivity contribution in [2.45, 2.75) is 58.0 Å². The van der Waals surface area contributed by atoms with Crippen molar-refractivity contribution in [3.63, 3.8) is 0 Å². The lowest BCUT2D eigenvalue weighted by molar-refractivity contribution is -0.122. The van der Waals surface area contributed by atoms with Gasteiger partial charge in [0.2, 0.25) is 15.9 Å². The van der Waals surface area contributed by atoms with Crippen LogP contribution in [0, 0.1) is 0 Å². The SMILES string of the molecule is CC[C@@H](C(=O)N[C@@H](C)c1ccc2c(c1)CCCC2)N(c1cc(Cl)cc(Cl)c1)S(C)(=O)=O. The highest BCUT2D eigenvalue weighted by Gasteiger charge is 2.32. The summed E-state index contributed by atoms with van der Waals surface area (Å²) in [7, 11) is -3.77. The normalized spacial score (nSPS) is 15.6. The van der Waals surface area contributed by atoms with Crippen molar-refractivity contribution in [3.05, 3.63) is 63.1 Å². The van der Waals surface area contributed by atoms with Crippen LogP contribution in [0.5, 0.6) is 0 Å². The zero-order valence-corrected chi connectivity index (χ0v) is 20.3. The van der Waals surface area contributed by atoms with Gasteiger partial charge in [0.05, 0.1) is 18.0 Å². The fraction of sp³-hybridized carbons (Fsp3) is 0.435. The molecular formula is C23H28Cl2N2O3S. The average Bonchev–Trinajstić information content (AvgIpc) is 2.69. The number of fused-ring (bicyclic) bond motifs is 1. The second-order valence-electron chi connectivity index (χ2n) is 8.08. The molecule has 5 nitrogen and oxygen atoms in total. The van der Waals surface area contributed by atoms with E-state index in [2.05, 4.69) is 17.4 Å². The molecular weight excluding hydrogens is 455 g/mol. The van der Waals surface area contributed by atoms with E-state index in [9.17, 15) is 13.2 Å². The maximum atomic E-state index is 13.2. The van der Waals surface area contributed by atoms with E-state index in [4.69, 9.17) is 23.2 Å². The van der Waals surface area contributed by atoms with E-state index in [1.54, 1.807) is 6.92 Å². The number of benzene rings is 2. The molecule has 2 aromatic rings. The van der Waals surface area contributed by atoms with Crippen molar-refractivity contribution in [3.8, 4) is 0 Å². The van der Waals surface area contributed by atoms with Gasteiger partial charge in [-0.25, -0.2) is 8.42 Å². The number of aryl methyl sites for hydroxylation is 2. The third kappa shape index (κ3) is 5.73. The number of anilines is 1. The highest BCUT2D eigenvalue weighted by atomic mass is 35.5. The first-order chi connectivity index (χ1) is 14.6. The van der Waals surface area contributed by atoms with E-state index in [1.807, 2.05) is 13.0 Å². The molecule has 0 fully saturated rings. The molecule has 31 heavy (non-hydrogen) atoms. The third-order valence-corrected chi connectivity index (χ3v) is 7.28. The van der Waals surface area contributed by atoms with E-state index in [0.29, 0.717) is 16.5 Å². The summed E-state index contributed by atoms with van der Waals surface area (Å²) < 4.78 is 26.4. The molecule has 2 atom stereocenters. The summed E-state index contributed by atoms with van der Waals surface area (Å²) >= 11 is 12.2. The molecule has 3 rings (SSSR count). The molecule has 1 aliphatic rings. The Hall–Kier alpha value is -1.76. The van der Waals surface area contributed by atoms with Crippen molar-refractivity contribution >= 4 is 44.8 Å². The average molecular weight is 483 g/mol. The summed E-state index contributed by atoms with van der Waals surface area (Å²) in [6.07, 6.45) is 5.91. The monoisotopic (exact) mass is 482 g/mol. The lowest BCUT2D eigenvalue weighted by Crippen LogP contribution is -2.49. The van der Waals surface area contributed by atoms with Crippen LogP contribution in [-0.2, 0) is 27.7 Å². The van der Waals surface area contributed by atoms with Crippen LogP contribution in [0.25, 0.3) is 0 Å². The Labute approximate surface area is 194 Å². The van der Waals surface area contributed by atoms with Gasteiger partial charge in [0.25, 0.3) is 0 Å².